The van der Waals surface area contributed by atoms with E-state index in [1.807, 2.05) is 32.4 Å². The third-order valence-corrected chi connectivity index (χ3v) is 5.90. The summed E-state index contributed by atoms with van der Waals surface area (Å²) in [5, 5.41) is 9.50. The number of primary sulfonamides is 1. The average molecular weight is 437 g/mol. The molecule has 8 nitrogen and oxygen atoms in total. The van der Waals surface area contributed by atoms with Crippen molar-refractivity contribution in [2.75, 3.05) is 32.5 Å². The summed E-state index contributed by atoms with van der Waals surface area (Å²) in [6.45, 7) is 1.68. The minimum absolute atomic E-state index is 0.0886. The van der Waals surface area contributed by atoms with Gasteiger partial charge in [0.15, 0.2) is 0 Å². The number of anilines is 1. The van der Waals surface area contributed by atoms with Crippen LogP contribution in [0.25, 0.3) is 33.3 Å². The van der Waals surface area contributed by atoms with Gasteiger partial charge in [0.05, 0.1) is 23.0 Å². The van der Waals surface area contributed by atoms with Gasteiger partial charge in [-0.05, 0) is 43.9 Å². The highest BCUT2D eigenvalue weighted by atomic mass is 32.2. The number of sulfonamides is 1. The van der Waals surface area contributed by atoms with Gasteiger partial charge in [-0.25, -0.2) is 18.5 Å². The summed E-state index contributed by atoms with van der Waals surface area (Å²) in [6.07, 6.45) is 5.36. The van der Waals surface area contributed by atoms with Crippen LogP contribution < -0.4 is 10.5 Å². The molecule has 2 heterocycles. The van der Waals surface area contributed by atoms with E-state index in [4.69, 9.17) is 5.14 Å². The Bertz CT molecular complexity index is 1310. The van der Waals surface area contributed by atoms with Crippen LogP contribution in [0.1, 0.15) is 0 Å². The first-order valence-corrected chi connectivity index (χ1v) is 11.3. The van der Waals surface area contributed by atoms with Crippen LogP contribution in [-0.4, -0.2) is 55.5 Å². The molecular weight excluding hydrogens is 412 g/mol. The second kappa shape index (κ2) is 8.46. The van der Waals surface area contributed by atoms with Gasteiger partial charge in [0.2, 0.25) is 10.0 Å². The highest BCUT2D eigenvalue weighted by molar-refractivity contribution is 7.89. The van der Waals surface area contributed by atoms with Gasteiger partial charge in [-0.1, -0.05) is 18.2 Å². The van der Waals surface area contributed by atoms with Crippen LogP contribution in [0.5, 0.6) is 0 Å². The molecule has 2 aromatic carbocycles. The van der Waals surface area contributed by atoms with Crippen molar-refractivity contribution in [3.05, 3.63) is 61.1 Å². The van der Waals surface area contributed by atoms with Gasteiger partial charge in [-0.15, -0.1) is 0 Å². The summed E-state index contributed by atoms with van der Waals surface area (Å²) in [7, 11) is 0.327. The SMILES string of the molecule is CN(C)CCNc1cncc(-c2ccc3[nH]cc(-c4ccc(S(N)(=O)=O)cc4)c3c2)n1. The maximum Gasteiger partial charge on any atom is 0.238 e. The molecule has 4 rings (SSSR count). The third kappa shape index (κ3) is 4.74. The normalized spacial score (nSPS) is 11.9. The summed E-state index contributed by atoms with van der Waals surface area (Å²) in [4.78, 5) is 14.5. The van der Waals surface area contributed by atoms with E-state index in [1.54, 1.807) is 24.5 Å². The standard InChI is InChI=1S/C22H24N6O2S/c1-28(2)10-9-25-22-14-24-13-21(27-22)16-5-8-20-18(11-16)19(12-26-20)15-3-6-17(7-4-15)31(23,29)30/h3-8,11-14,26H,9-10H2,1-2H3,(H,25,27)(H2,23,29,30). The summed E-state index contributed by atoms with van der Waals surface area (Å²) in [5.74, 6) is 0.729. The Morgan fingerprint density at radius 2 is 1.81 bits per heavy atom. The monoisotopic (exact) mass is 436 g/mol. The topological polar surface area (TPSA) is 117 Å². The summed E-state index contributed by atoms with van der Waals surface area (Å²) >= 11 is 0. The quantitative estimate of drug-likeness (QED) is 0.410. The fourth-order valence-corrected chi connectivity index (χ4v) is 3.86. The number of fused-ring (bicyclic) bond motifs is 1. The number of H-pyrrole nitrogens is 1. The molecule has 0 aliphatic heterocycles. The Balaban J connectivity index is 1.66. The zero-order chi connectivity index (χ0) is 22.0. The van der Waals surface area contributed by atoms with Crippen LogP contribution in [-0.2, 0) is 10.0 Å². The molecule has 0 amide bonds. The van der Waals surface area contributed by atoms with E-state index in [0.717, 1.165) is 52.2 Å². The molecule has 0 aliphatic carbocycles. The van der Waals surface area contributed by atoms with Crippen molar-refractivity contribution in [2.24, 2.45) is 5.14 Å². The number of nitrogens with one attached hydrogen (secondary N) is 2. The molecule has 160 valence electrons. The number of aromatic amines is 1. The molecule has 0 aliphatic rings. The predicted octanol–water partition coefficient (Wildman–Crippen LogP) is 2.91. The highest BCUT2D eigenvalue weighted by Gasteiger charge is 2.12. The fraction of sp³-hybridized carbons (Fsp3) is 0.182. The molecule has 0 saturated carbocycles. The molecule has 9 heteroatoms. The molecule has 0 fully saturated rings. The number of aromatic nitrogens is 3. The lowest BCUT2D eigenvalue weighted by molar-refractivity contribution is 0.425. The first-order valence-electron chi connectivity index (χ1n) is 9.77. The Hall–Kier alpha value is -3.27. The predicted molar refractivity (Wildman–Crippen MR) is 123 cm³/mol. The van der Waals surface area contributed by atoms with Crippen molar-refractivity contribution in [2.45, 2.75) is 4.90 Å². The van der Waals surface area contributed by atoms with Gasteiger partial charge in [0.1, 0.15) is 5.82 Å². The minimum Gasteiger partial charge on any atom is -0.367 e. The van der Waals surface area contributed by atoms with Crippen molar-refractivity contribution >= 4 is 26.7 Å². The van der Waals surface area contributed by atoms with E-state index < -0.39 is 10.0 Å². The Labute approximate surface area is 181 Å². The van der Waals surface area contributed by atoms with Crippen LogP contribution in [0.3, 0.4) is 0 Å². The number of hydrogen-bond acceptors (Lipinski definition) is 6. The lowest BCUT2D eigenvalue weighted by Gasteiger charge is -2.11. The van der Waals surface area contributed by atoms with E-state index in [2.05, 4.69) is 31.2 Å². The van der Waals surface area contributed by atoms with E-state index in [0.29, 0.717) is 0 Å². The maximum atomic E-state index is 11.5. The van der Waals surface area contributed by atoms with Gasteiger partial charge >= 0.3 is 0 Å². The van der Waals surface area contributed by atoms with Crippen LogP contribution in [0.15, 0.2) is 66.0 Å². The van der Waals surface area contributed by atoms with Gasteiger partial charge in [0, 0.05) is 41.3 Å². The number of likely N-dealkylation sites (N-methyl/N-ethyl adjacent to an activating group) is 1. The Morgan fingerprint density at radius 1 is 1.06 bits per heavy atom. The van der Waals surface area contributed by atoms with E-state index in [1.165, 1.54) is 12.1 Å². The zero-order valence-corrected chi connectivity index (χ0v) is 18.1. The molecule has 0 radical (unpaired) electrons. The second-order valence-corrected chi connectivity index (χ2v) is 9.11. The number of hydrogen-bond donors (Lipinski definition) is 3. The molecule has 0 unspecified atom stereocenters. The summed E-state index contributed by atoms with van der Waals surface area (Å²) in [5.41, 5.74) is 4.54. The highest BCUT2D eigenvalue weighted by Crippen LogP contribution is 2.32. The maximum absolute atomic E-state index is 11.5. The average Bonchev–Trinajstić information content (AvgIpc) is 3.16. The summed E-state index contributed by atoms with van der Waals surface area (Å²) < 4.78 is 23.0. The molecule has 4 aromatic rings. The van der Waals surface area contributed by atoms with Crippen molar-refractivity contribution in [3.63, 3.8) is 0 Å². The lowest BCUT2D eigenvalue weighted by atomic mass is 10.0. The molecule has 4 N–H and O–H groups in total. The van der Waals surface area contributed by atoms with Crippen LogP contribution in [0.2, 0.25) is 0 Å². The van der Waals surface area contributed by atoms with Crippen molar-refractivity contribution in [1.29, 1.82) is 0 Å². The zero-order valence-electron chi connectivity index (χ0n) is 17.3. The van der Waals surface area contributed by atoms with Crippen LogP contribution in [0, 0.1) is 0 Å². The third-order valence-electron chi connectivity index (χ3n) is 4.97. The minimum atomic E-state index is -3.72. The van der Waals surface area contributed by atoms with Gasteiger partial charge in [-0.3, -0.25) is 4.98 Å². The van der Waals surface area contributed by atoms with Crippen molar-refractivity contribution in [1.82, 2.24) is 19.9 Å². The Kier molecular flexibility index (Phi) is 5.73. The smallest absolute Gasteiger partial charge is 0.238 e. The molecule has 31 heavy (non-hydrogen) atoms. The first-order chi connectivity index (χ1) is 14.8. The number of nitrogens with two attached hydrogens (primary N) is 1. The molecule has 2 aromatic heterocycles. The molecule has 0 atom stereocenters. The van der Waals surface area contributed by atoms with Crippen LogP contribution >= 0.6 is 0 Å². The largest absolute Gasteiger partial charge is 0.367 e. The van der Waals surface area contributed by atoms with Gasteiger partial charge < -0.3 is 15.2 Å². The fourth-order valence-electron chi connectivity index (χ4n) is 3.34. The lowest BCUT2D eigenvalue weighted by Crippen LogP contribution is -2.21. The number of nitrogens with zero attached hydrogens (tertiary/aromatic N) is 3. The van der Waals surface area contributed by atoms with E-state index in [9.17, 15) is 8.42 Å². The van der Waals surface area contributed by atoms with E-state index in [-0.39, 0.29) is 4.90 Å². The van der Waals surface area contributed by atoms with E-state index >= 15 is 0 Å². The molecule has 0 bridgehead atoms. The first kappa shape index (κ1) is 21.0. The molecule has 0 spiro atoms. The molecule has 0 saturated heterocycles. The van der Waals surface area contributed by atoms with Gasteiger partial charge in [-0.2, -0.15) is 0 Å². The van der Waals surface area contributed by atoms with Gasteiger partial charge in [0.25, 0.3) is 0 Å². The summed E-state index contributed by atoms with van der Waals surface area (Å²) in [6, 6.07) is 12.6. The molecular formula is C22H24N6O2S. The van der Waals surface area contributed by atoms with Crippen molar-refractivity contribution in [3.8, 4) is 22.4 Å². The number of benzene rings is 2. The second-order valence-electron chi connectivity index (χ2n) is 7.55. The van der Waals surface area contributed by atoms with Crippen molar-refractivity contribution < 1.29 is 8.42 Å². The Morgan fingerprint density at radius 3 is 2.52 bits per heavy atom. The number of rotatable bonds is 7. The van der Waals surface area contributed by atoms with Crippen LogP contribution in [0.4, 0.5) is 5.82 Å².